The number of hydrogen-bond acceptors (Lipinski definition) is 10. The zero-order valence-corrected chi connectivity index (χ0v) is 16.6. The van der Waals surface area contributed by atoms with Gasteiger partial charge in [0.2, 0.25) is 11.6 Å². The van der Waals surface area contributed by atoms with E-state index in [1.807, 2.05) is 4.90 Å². The van der Waals surface area contributed by atoms with Crippen LogP contribution in [0.15, 0.2) is 24.5 Å². The van der Waals surface area contributed by atoms with E-state index in [9.17, 15) is 19.7 Å². The number of methoxy groups -OCH3 is 2. The number of piperidine rings is 1. The molecule has 1 aromatic carbocycles. The number of carbonyl (C=O) groups excluding carboxylic acids is 2. The Kier molecular flexibility index (Phi) is 6.40. The molecule has 0 atom stereocenters. The van der Waals surface area contributed by atoms with E-state index in [4.69, 9.17) is 9.47 Å². The highest BCUT2D eigenvalue weighted by Crippen LogP contribution is 2.35. The summed E-state index contributed by atoms with van der Waals surface area (Å²) in [5.74, 6) is -1.16. The minimum absolute atomic E-state index is 0.0478. The van der Waals surface area contributed by atoms with Gasteiger partial charge >= 0.3 is 17.6 Å². The predicted molar refractivity (Wildman–Crippen MR) is 107 cm³/mol. The molecule has 0 bridgehead atoms. The molecule has 1 aromatic heterocycles. The number of ether oxygens (including phenoxy) is 2. The Morgan fingerprint density at radius 1 is 1.03 bits per heavy atom. The van der Waals surface area contributed by atoms with Crippen molar-refractivity contribution < 1.29 is 24.0 Å². The SMILES string of the molecule is COC(=O)c1cc(Nc2ncnc(N3CCCCC3)c2[N+](=O)[O-])cc(C(=O)OC)c1. The second-order valence-corrected chi connectivity index (χ2v) is 6.61. The summed E-state index contributed by atoms with van der Waals surface area (Å²) in [5, 5.41) is 14.7. The zero-order chi connectivity index (χ0) is 21.7. The fourth-order valence-corrected chi connectivity index (χ4v) is 3.27. The number of rotatable bonds is 6. The van der Waals surface area contributed by atoms with Crippen LogP contribution in [-0.2, 0) is 9.47 Å². The third-order valence-electron chi connectivity index (χ3n) is 4.68. The van der Waals surface area contributed by atoms with Crippen molar-refractivity contribution in [2.75, 3.05) is 37.5 Å². The lowest BCUT2D eigenvalue weighted by Gasteiger charge is -2.27. The monoisotopic (exact) mass is 415 g/mol. The molecule has 0 amide bonds. The van der Waals surface area contributed by atoms with E-state index in [0.717, 1.165) is 19.3 Å². The van der Waals surface area contributed by atoms with Crippen molar-refractivity contribution in [3.8, 4) is 0 Å². The lowest BCUT2D eigenvalue weighted by molar-refractivity contribution is -0.383. The van der Waals surface area contributed by atoms with Crippen LogP contribution >= 0.6 is 0 Å². The molecule has 0 saturated carbocycles. The van der Waals surface area contributed by atoms with Gasteiger partial charge in [-0.15, -0.1) is 0 Å². The highest BCUT2D eigenvalue weighted by molar-refractivity contribution is 5.97. The Bertz CT molecular complexity index is 940. The van der Waals surface area contributed by atoms with Gasteiger partial charge in [-0.2, -0.15) is 0 Å². The van der Waals surface area contributed by atoms with Gasteiger partial charge in [0.25, 0.3) is 0 Å². The number of nitrogens with one attached hydrogen (secondary N) is 1. The van der Waals surface area contributed by atoms with Crippen LogP contribution in [-0.4, -0.2) is 54.1 Å². The summed E-state index contributed by atoms with van der Waals surface area (Å²) < 4.78 is 9.42. The summed E-state index contributed by atoms with van der Waals surface area (Å²) in [5.41, 5.74) is 0.124. The molecule has 11 nitrogen and oxygen atoms in total. The Hall–Kier alpha value is -3.76. The van der Waals surface area contributed by atoms with Crippen LogP contribution in [0.1, 0.15) is 40.0 Å². The van der Waals surface area contributed by atoms with Crippen LogP contribution in [0.2, 0.25) is 0 Å². The van der Waals surface area contributed by atoms with Crippen molar-refractivity contribution in [3.05, 3.63) is 45.8 Å². The third kappa shape index (κ3) is 4.45. The first kappa shape index (κ1) is 21.0. The van der Waals surface area contributed by atoms with Crippen molar-refractivity contribution >= 4 is 34.9 Å². The second-order valence-electron chi connectivity index (χ2n) is 6.61. The molecule has 0 radical (unpaired) electrons. The van der Waals surface area contributed by atoms with Crippen LogP contribution in [0, 0.1) is 10.1 Å². The number of carbonyl (C=O) groups is 2. The van der Waals surface area contributed by atoms with Gasteiger partial charge in [-0.05, 0) is 37.5 Å². The van der Waals surface area contributed by atoms with Gasteiger partial charge < -0.3 is 19.7 Å². The van der Waals surface area contributed by atoms with Crippen molar-refractivity contribution in [1.29, 1.82) is 0 Å². The molecule has 0 unspecified atom stereocenters. The highest BCUT2D eigenvalue weighted by atomic mass is 16.6. The van der Waals surface area contributed by atoms with E-state index in [0.29, 0.717) is 13.1 Å². The summed E-state index contributed by atoms with van der Waals surface area (Å²) in [6, 6.07) is 4.13. The van der Waals surface area contributed by atoms with Crippen LogP contribution in [0.4, 0.5) is 23.0 Å². The van der Waals surface area contributed by atoms with Crippen LogP contribution in [0.5, 0.6) is 0 Å². The van der Waals surface area contributed by atoms with Gasteiger partial charge in [0, 0.05) is 18.8 Å². The molecular formula is C19H21N5O6. The largest absolute Gasteiger partial charge is 0.465 e. The second kappa shape index (κ2) is 9.16. The number of aromatic nitrogens is 2. The molecule has 30 heavy (non-hydrogen) atoms. The molecule has 0 aliphatic carbocycles. The average Bonchev–Trinajstić information content (AvgIpc) is 2.77. The Morgan fingerprint density at radius 3 is 2.17 bits per heavy atom. The number of anilines is 3. The molecule has 1 N–H and O–H groups in total. The average molecular weight is 415 g/mol. The number of esters is 2. The third-order valence-corrected chi connectivity index (χ3v) is 4.68. The summed E-state index contributed by atoms with van der Waals surface area (Å²) in [7, 11) is 2.42. The van der Waals surface area contributed by atoms with Crippen LogP contribution < -0.4 is 10.2 Å². The van der Waals surface area contributed by atoms with Gasteiger partial charge in [-0.1, -0.05) is 0 Å². The standard InChI is InChI=1S/C19H21N5O6/c1-29-18(25)12-8-13(19(26)30-2)10-14(9-12)22-16-15(24(27)28)17(21-11-20-16)23-6-4-3-5-7-23/h8-11H,3-7H2,1-2H3,(H,20,21,22). The molecule has 0 spiro atoms. The maximum atomic E-state index is 12.0. The fourth-order valence-electron chi connectivity index (χ4n) is 3.27. The molecule has 3 rings (SSSR count). The maximum absolute atomic E-state index is 12.0. The van der Waals surface area contributed by atoms with Crippen LogP contribution in [0.3, 0.4) is 0 Å². The summed E-state index contributed by atoms with van der Waals surface area (Å²) >= 11 is 0. The molecule has 2 aromatic rings. The molecule has 11 heteroatoms. The van der Waals surface area contributed by atoms with E-state index >= 15 is 0 Å². The number of nitro groups is 1. The smallest absolute Gasteiger partial charge is 0.353 e. The van der Waals surface area contributed by atoms with Gasteiger partial charge in [-0.25, -0.2) is 19.6 Å². The van der Waals surface area contributed by atoms with Crippen molar-refractivity contribution in [2.45, 2.75) is 19.3 Å². The molecular weight excluding hydrogens is 394 g/mol. The highest BCUT2D eigenvalue weighted by Gasteiger charge is 2.28. The number of nitrogens with zero attached hydrogens (tertiary/aromatic N) is 4. The molecule has 1 fully saturated rings. The lowest BCUT2D eigenvalue weighted by Crippen LogP contribution is -2.31. The van der Waals surface area contributed by atoms with Crippen molar-refractivity contribution in [3.63, 3.8) is 0 Å². The fraction of sp³-hybridized carbons (Fsp3) is 0.368. The molecule has 158 valence electrons. The molecule has 1 aliphatic rings. The van der Waals surface area contributed by atoms with Crippen LogP contribution in [0.25, 0.3) is 0 Å². The topological polar surface area (TPSA) is 137 Å². The van der Waals surface area contributed by atoms with E-state index in [1.165, 1.54) is 38.7 Å². The van der Waals surface area contributed by atoms with Crippen molar-refractivity contribution in [2.24, 2.45) is 0 Å². The summed E-state index contributed by atoms with van der Waals surface area (Å²) in [4.78, 5) is 45.2. The van der Waals surface area contributed by atoms with E-state index in [-0.39, 0.29) is 34.1 Å². The summed E-state index contributed by atoms with van der Waals surface area (Å²) in [6.07, 6.45) is 4.16. The first-order valence-electron chi connectivity index (χ1n) is 9.27. The minimum Gasteiger partial charge on any atom is -0.465 e. The Labute approximate surface area is 172 Å². The van der Waals surface area contributed by atoms with E-state index in [2.05, 4.69) is 15.3 Å². The quantitative estimate of drug-likeness (QED) is 0.426. The lowest BCUT2D eigenvalue weighted by atomic mass is 10.1. The molecule has 2 heterocycles. The first-order valence-corrected chi connectivity index (χ1v) is 9.27. The number of benzene rings is 1. The normalized spacial score (nSPS) is 13.5. The first-order chi connectivity index (χ1) is 14.4. The van der Waals surface area contributed by atoms with E-state index in [1.54, 1.807) is 0 Å². The van der Waals surface area contributed by atoms with Gasteiger partial charge in [0.05, 0.1) is 30.3 Å². The minimum atomic E-state index is -0.671. The Morgan fingerprint density at radius 2 is 1.63 bits per heavy atom. The van der Waals surface area contributed by atoms with Gasteiger partial charge in [0.1, 0.15) is 6.33 Å². The predicted octanol–water partition coefficient (Wildman–Crippen LogP) is 2.69. The van der Waals surface area contributed by atoms with Gasteiger partial charge in [-0.3, -0.25) is 10.1 Å². The zero-order valence-electron chi connectivity index (χ0n) is 16.6. The maximum Gasteiger partial charge on any atom is 0.353 e. The molecule has 1 saturated heterocycles. The molecule has 1 aliphatic heterocycles. The van der Waals surface area contributed by atoms with Crippen molar-refractivity contribution in [1.82, 2.24) is 9.97 Å². The Balaban J connectivity index is 2.04. The number of hydrogen-bond donors (Lipinski definition) is 1. The summed E-state index contributed by atoms with van der Waals surface area (Å²) in [6.45, 7) is 1.34. The van der Waals surface area contributed by atoms with E-state index < -0.39 is 16.9 Å². The van der Waals surface area contributed by atoms with Gasteiger partial charge in [0.15, 0.2) is 0 Å².